The molecule has 0 saturated carbocycles. The Labute approximate surface area is 142 Å². The van der Waals surface area contributed by atoms with Gasteiger partial charge in [-0.2, -0.15) is 0 Å². The molecular weight excluding hydrogens is 286 g/mol. The topological polar surface area (TPSA) is 42.9 Å². The van der Waals surface area contributed by atoms with Crippen molar-refractivity contribution in [2.45, 2.75) is 45.1 Å². The molecule has 132 valence electrons. The summed E-state index contributed by atoms with van der Waals surface area (Å²) in [5.41, 5.74) is 1.62. The van der Waals surface area contributed by atoms with Gasteiger partial charge in [0.1, 0.15) is 0 Å². The summed E-state index contributed by atoms with van der Waals surface area (Å²) in [6, 6.07) is 0.519. The second-order valence-corrected chi connectivity index (χ2v) is 6.90. The molecule has 5 nitrogen and oxygen atoms in total. The predicted octanol–water partition coefficient (Wildman–Crippen LogP) is 1.68. The highest BCUT2D eigenvalue weighted by molar-refractivity contribution is 5.79. The van der Waals surface area contributed by atoms with E-state index in [0.29, 0.717) is 6.04 Å². The molecule has 0 bridgehead atoms. The third-order valence-corrected chi connectivity index (χ3v) is 4.91. The molecule has 1 saturated heterocycles. The fourth-order valence-corrected chi connectivity index (χ4v) is 3.31. The lowest BCUT2D eigenvalue weighted by molar-refractivity contribution is 0.119. The third-order valence-electron chi connectivity index (χ3n) is 4.91. The van der Waals surface area contributed by atoms with Crippen LogP contribution < -0.4 is 10.6 Å². The fourth-order valence-electron chi connectivity index (χ4n) is 3.31. The van der Waals surface area contributed by atoms with E-state index in [1.165, 1.54) is 25.7 Å². The standard InChI is InChI=1S/C18H35N5/c1-4-19-18(20-11-10-16-8-6-5-7-9-16)21-14-17-15-22(2)12-13-23(17)3/h8,17H,4-7,9-15H2,1-3H3,(H2,19,20,21). The minimum absolute atomic E-state index is 0.519. The first-order valence-corrected chi connectivity index (χ1v) is 9.28. The van der Waals surface area contributed by atoms with E-state index in [4.69, 9.17) is 4.99 Å². The average molecular weight is 322 g/mol. The van der Waals surface area contributed by atoms with E-state index in [0.717, 1.165) is 51.6 Å². The van der Waals surface area contributed by atoms with Crippen LogP contribution in [-0.4, -0.2) is 75.2 Å². The van der Waals surface area contributed by atoms with Crippen LogP contribution in [0.3, 0.4) is 0 Å². The second kappa shape index (κ2) is 9.93. The van der Waals surface area contributed by atoms with E-state index < -0.39 is 0 Å². The van der Waals surface area contributed by atoms with Gasteiger partial charge in [0.2, 0.25) is 0 Å². The first-order chi connectivity index (χ1) is 11.2. The van der Waals surface area contributed by atoms with Gasteiger partial charge in [0.15, 0.2) is 5.96 Å². The van der Waals surface area contributed by atoms with Crippen molar-refractivity contribution >= 4 is 5.96 Å². The Morgan fingerprint density at radius 1 is 1.26 bits per heavy atom. The Bertz CT molecular complexity index is 404. The number of piperazine rings is 1. The van der Waals surface area contributed by atoms with Gasteiger partial charge < -0.3 is 15.5 Å². The lowest BCUT2D eigenvalue weighted by Gasteiger charge is -2.36. The zero-order valence-electron chi connectivity index (χ0n) is 15.3. The molecule has 0 aromatic heterocycles. The molecule has 0 spiro atoms. The van der Waals surface area contributed by atoms with Crippen molar-refractivity contribution in [2.24, 2.45) is 4.99 Å². The smallest absolute Gasteiger partial charge is 0.191 e. The van der Waals surface area contributed by atoms with Crippen molar-refractivity contribution in [1.29, 1.82) is 0 Å². The van der Waals surface area contributed by atoms with Crippen molar-refractivity contribution < 1.29 is 0 Å². The van der Waals surface area contributed by atoms with Crippen LogP contribution in [0, 0.1) is 0 Å². The Balaban J connectivity index is 1.78. The van der Waals surface area contributed by atoms with Crippen LogP contribution in [0.15, 0.2) is 16.6 Å². The zero-order valence-corrected chi connectivity index (χ0v) is 15.3. The van der Waals surface area contributed by atoms with Gasteiger partial charge in [-0.25, -0.2) is 0 Å². The van der Waals surface area contributed by atoms with Gasteiger partial charge in [-0.1, -0.05) is 11.6 Å². The Morgan fingerprint density at radius 3 is 2.87 bits per heavy atom. The zero-order chi connectivity index (χ0) is 16.5. The molecule has 2 rings (SSSR count). The fraction of sp³-hybridized carbons (Fsp3) is 0.833. The molecule has 1 fully saturated rings. The van der Waals surface area contributed by atoms with Crippen molar-refractivity contribution in [3.05, 3.63) is 11.6 Å². The minimum atomic E-state index is 0.519. The maximum absolute atomic E-state index is 4.81. The number of hydrogen-bond donors (Lipinski definition) is 2. The number of aliphatic imine (C=N–C) groups is 1. The first-order valence-electron chi connectivity index (χ1n) is 9.28. The van der Waals surface area contributed by atoms with Gasteiger partial charge in [0, 0.05) is 38.8 Å². The van der Waals surface area contributed by atoms with Crippen LogP contribution in [0.2, 0.25) is 0 Å². The van der Waals surface area contributed by atoms with E-state index in [2.05, 4.69) is 47.5 Å². The molecule has 1 atom stereocenters. The molecule has 23 heavy (non-hydrogen) atoms. The van der Waals surface area contributed by atoms with E-state index in [-0.39, 0.29) is 0 Å². The molecule has 1 aliphatic carbocycles. The first kappa shape index (κ1) is 18.3. The summed E-state index contributed by atoms with van der Waals surface area (Å²) in [5, 5.41) is 6.87. The number of likely N-dealkylation sites (N-methyl/N-ethyl adjacent to an activating group) is 2. The van der Waals surface area contributed by atoms with Gasteiger partial charge in [0.05, 0.1) is 6.54 Å². The summed E-state index contributed by atoms with van der Waals surface area (Å²) in [7, 11) is 4.41. The van der Waals surface area contributed by atoms with Gasteiger partial charge in [0.25, 0.3) is 0 Å². The van der Waals surface area contributed by atoms with Crippen LogP contribution in [0.5, 0.6) is 0 Å². The summed E-state index contributed by atoms with van der Waals surface area (Å²) in [5.74, 6) is 0.963. The van der Waals surface area contributed by atoms with Crippen LogP contribution in [0.25, 0.3) is 0 Å². The number of nitrogens with one attached hydrogen (secondary N) is 2. The molecule has 1 unspecified atom stereocenters. The molecular formula is C18H35N5. The van der Waals surface area contributed by atoms with Crippen LogP contribution >= 0.6 is 0 Å². The average Bonchev–Trinajstić information content (AvgIpc) is 2.56. The number of hydrogen-bond acceptors (Lipinski definition) is 3. The van der Waals surface area contributed by atoms with E-state index in [1.807, 2.05) is 0 Å². The lowest BCUT2D eigenvalue weighted by atomic mass is 9.97. The summed E-state index contributed by atoms with van der Waals surface area (Å²) in [4.78, 5) is 9.64. The molecule has 2 aliphatic rings. The van der Waals surface area contributed by atoms with Crippen LogP contribution in [0.4, 0.5) is 0 Å². The van der Waals surface area contributed by atoms with Crippen LogP contribution in [-0.2, 0) is 0 Å². The number of allylic oxidation sites excluding steroid dienone is 1. The van der Waals surface area contributed by atoms with Gasteiger partial charge >= 0.3 is 0 Å². The molecule has 0 radical (unpaired) electrons. The molecule has 1 aliphatic heterocycles. The Kier molecular flexibility index (Phi) is 7.89. The van der Waals surface area contributed by atoms with Gasteiger partial charge in [-0.15, -0.1) is 0 Å². The largest absolute Gasteiger partial charge is 0.357 e. The quantitative estimate of drug-likeness (QED) is 0.444. The Morgan fingerprint density at radius 2 is 2.13 bits per heavy atom. The number of guanidine groups is 1. The second-order valence-electron chi connectivity index (χ2n) is 6.90. The van der Waals surface area contributed by atoms with Crippen molar-refractivity contribution in [2.75, 3.05) is 53.4 Å². The summed E-state index contributed by atoms with van der Waals surface area (Å²) in [6.07, 6.45) is 8.87. The normalized spacial score (nSPS) is 24.4. The highest BCUT2D eigenvalue weighted by atomic mass is 15.3. The molecule has 1 heterocycles. The van der Waals surface area contributed by atoms with E-state index in [1.54, 1.807) is 5.57 Å². The Hall–Kier alpha value is -1.07. The third kappa shape index (κ3) is 6.51. The highest BCUT2D eigenvalue weighted by Crippen LogP contribution is 2.19. The van der Waals surface area contributed by atoms with Crippen LogP contribution in [0.1, 0.15) is 39.0 Å². The van der Waals surface area contributed by atoms with E-state index >= 15 is 0 Å². The summed E-state index contributed by atoms with van der Waals surface area (Å²) < 4.78 is 0. The van der Waals surface area contributed by atoms with E-state index in [9.17, 15) is 0 Å². The summed E-state index contributed by atoms with van der Waals surface area (Å²) >= 11 is 0. The summed E-state index contributed by atoms with van der Waals surface area (Å²) in [6.45, 7) is 8.28. The van der Waals surface area contributed by atoms with Crippen molar-refractivity contribution in [3.8, 4) is 0 Å². The molecule has 0 amide bonds. The predicted molar refractivity (Wildman–Crippen MR) is 99.1 cm³/mol. The maximum atomic E-state index is 4.81. The monoisotopic (exact) mass is 321 g/mol. The van der Waals surface area contributed by atoms with Gasteiger partial charge in [-0.3, -0.25) is 9.89 Å². The lowest BCUT2D eigenvalue weighted by Crippen LogP contribution is -2.51. The van der Waals surface area contributed by atoms with Gasteiger partial charge in [-0.05, 0) is 53.1 Å². The SMILES string of the molecule is CCNC(=NCC1CN(C)CCN1C)NCCC1=CCCCC1. The molecule has 0 aromatic rings. The highest BCUT2D eigenvalue weighted by Gasteiger charge is 2.21. The maximum Gasteiger partial charge on any atom is 0.191 e. The van der Waals surface area contributed by atoms with Crippen molar-refractivity contribution in [1.82, 2.24) is 20.4 Å². The minimum Gasteiger partial charge on any atom is -0.357 e. The number of nitrogens with zero attached hydrogens (tertiary/aromatic N) is 3. The molecule has 0 aromatic carbocycles. The molecule has 5 heteroatoms. The molecule has 2 N–H and O–H groups in total. The number of rotatable bonds is 6. The van der Waals surface area contributed by atoms with Crippen molar-refractivity contribution in [3.63, 3.8) is 0 Å².